The smallest absolute Gasteiger partial charge is 0.279 e. The fourth-order valence-corrected chi connectivity index (χ4v) is 5.23. The fraction of sp³-hybridized carbons (Fsp3) is 1.00. The van der Waals surface area contributed by atoms with Crippen molar-refractivity contribution in [3.05, 3.63) is 0 Å². The lowest BCUT2D eigenvalue weighted by Gasteiger charge is -2.36. The van der Waals surface area contributed by atoms with Crippen molar-refractivity contribution in [2.75, 3.05) is 26.2 Å². The molecular formula is C14H29N3O2S. The van der Waals surface area contributed by atoms with Crippen LogP contribution in [0.25, 0.3) is 0 Å². The van der Waals surface area contributed by atoms with Gasteiger partial charge in [0.25, 0.3) is 10.2 Å². The van der Waals surface area contributed by atoms with Crippen LogP contribution in [0.3, 0.4) is 0 Å². The zero-order valence-electron chi connectivity index (χ0n) is 12.9. The lowest BCUT2D eigenvalue weighted by Crippen LogP contribution is -2.52. The first-order valence-electron chi connectivity index (χ1n) is 7.86. The fourth-order valence-electron chi connectivity index (χ4n) is 3.51. The van der Waals surface area contributed by atoms with Crippen LogP contribution in [0, 0.1) is 17.8 Å². The van der Waals surface area contributed by atoms with Crippen molar-refractivity contribution in [2.45, 2.75) is 46.1 Å². The maximum absolute atomic E-state index is 12.5. The van der Waals surface area contributed by atoms with E-state index < -0.39 is 10.2 Å². The van der Waals surface area contributed by atoms with E-state index in [9.17, 15) is 8.42 Å². The monoisotopic (exact) mass is 303 g/mol. The first kappa shape index (κ1) is 16.2. The van der Waals surface area contributed by atoms with Gasteiger partial charge in [-0.15, -0.1) is 0 Å². The summed E-state index contributed by atoms with van der Waals surface area (Å²) in [5.74, 6) is 1.29. The van der Waals surface area contributed by atoms with Gasteiger partial charge in [0.05, 0.1) is 0 Å². The zero-order chi connectivity index (χ0) is 14.8. The minimum absolute atomic E-state index is 0.000314. The van der Waals surface area contributed by atoms with E-state index in [2.05, 4.69) is 23.9 Å². The summed E-state index contributed by atoms with van der Waals surface area (Å²) < 4.78 is 29.6. The molecule has 2 rings (SSSR count). The van der Waals surface area contributed by atoms with Gasteiger partial charge in [0.1, 0.15) is 0 Å². The van der Waals surface area contributed by atoms with Crippen molar-refractivity contribution in [1.82, 2.24) is 14.3 Å². The third kappa shape index (κ3) is 4.16. The van der Waals surface area contributed by atoms with Crippen LogP contribution in [0.1, 0.15) is 40.0 Å². The van der Waals surface area contributed by atoms with Gasteiger partial charge in [-0.3, -0.25) is 0 Å². The lowest BCUT2D eigenvalue weighted by atomic mass is 9.93. The molecule has 0 aromatic carbocycles. The summed E-state index contributed by atoms with van der Waals surface area (Å²) in [7, 11) is -3.34. The molecule has 0 amide bonds. The largest absolute Gasteiger partial charge is 0.316 e. The minimum Gasteiger partial charge on any atom is -0.316 e. The molecule has 4 unspecified atom stereocenters. The van der Waals surface area contributed by atoms with E-state index in [1.807, 2.05) is 6.92 Å². The Morgan fingerprint density at radius 1 is 1.25 bits per heavy atom. The minimum atomic E-state index is -3.34. The summed E-state index contributed by atoms with van der Waals surface area (Å²) in [6.07, 6.45) is 3.35. The highest BCUT2D eigenvalue weighted by Gasteiger charge is 2.32. The Hall–Kier alpha value is -0.170. The molecule has 4 atom stereocenters. The Bertz CT molecular complexity index is 397. The molecule has 2 N–H and O–H groups in total. The molecule has 118 valence electrons. The molecule has 0 spiro atoms. The summed E-state index contributed by atoms with van der Waals surface area (Å²) in [4.78, 5) is 0. The normalized spacial score (nSPS) is 34.9. The molecule has 0 aliphatic carbocycles. The lowest BCUT2D eigenvalue weighted by molar-refractivity contribution is 0.217. The molecule has 0 radical (unpaired) electrons. The maximum atomic E-state index is 12.5. The van der Waals surface area contributed by atoms with E-state index in [1.165, 1.54) is 0 Å². The number of hydrogen-bond acceptors (Lipinski definition) is 3. The van der Waals surface area contributed by atoms with E-state index in [-0.39, 0.29) is 6.04 Å². The summed E-state index contributed by atoms with van der Waals surface area (Å²) in [5.41, 5.74) is 0. The Kier molecular flexibility index (Phi) is 5.45. The van der Waals surface area contributed by atoms with Crippen molar-refractivity contribution in [3.63, 3.8) is 0 Å². The van der Waals surface area contributed by atoms with Crippen molar-refractivity contribution >= 4 is 10.2 Å². The Morgan fingerprint density at radius 3 is 2.45 bits per heavy atom. The van der Waals surface area contributed by atoms with Crippen LogP contribution in [-0.4, -0.2) is 44.9 Å². The zero-order valence-corrected chi connectivity index (χ0v) is 13.7. The molecule has 0 aromatic rings. The van der Waals surface area contributed by atoms with Gasteiger partial charge in [-0.1, -0.05) is 13.8 Å². The second-order valence-electron chi connectivity index (χ2n) is 6.78. The van der Waals surface area contributed by atoms with Gasteiger partial charge in [-0.25, -0.2) is 0 Å². The second-order valence-corrected chi connectivity index (χ2v) is 8.48. The van der Waals surface area contributed by atoms with Crippen molar-refractivity contribution < 1.29 is 8.42 Å². The Labute approximate surface area is 123 Å². The molecule has 5 nitrogen and oxygen atoms in total. The Balaban J connectivity index is 1.95. The summed E-state index contributed by atoms with van der Waals surface area (Å²) in [6.45, 7) is 9.52. The van der Waals surface area contributed by atoms with Crippen LogP contribution < -0.4 is 10.0 Å². The highest BCUT2D eigenvalue weighted by atomic mass is 32.2. The molecule has 2 aliphatic rings. The third-order valence-electron chi connectivity index (χ3n) is 4.55. The van der Waals surface area contributed by atoms with Crippen LogP contribution in [0.5, 0.6) is 0 Å². The predicted molar refractivity (Wildman–Crippen MR) is 81.6 cm³/mol. The molecule has 2 heterocycles. The Morgan fingerprint density at radius 2 is 1.90 bits per heavy atom. The summed E-state index contributed by atoms with van der Waals surface area (Å²) in [5, 5.41) is 3.35. The average Bonchev–Trinajstić information content (AvgIpc) is 2.38. The topological polar surface area (TPSA) is 61.4 Å². The second kappa shape index (κ2) is 6.73. The number of nitrogens with zero attached hydrogens (tertiary/aromatic N) is 1. The van der Waals surface area contributed by atoms with Crippen LogP contribution in [0.4, 0.5) is 0 Å². The molecule has 0 saturated carbocycles. The van der Waals surface area contributed by atoms with Gasteiger partial charge >= 0.3 is 0 Å². The van der Waals surface area contributed by atoms with Crippen LogP contribution >= 0.6 is 0 Å². The SMILES string of the molecule is CC1CC(C)CN(S(=O)(=O)NC(C)C2CCCNC2)C1. The molecule has 2 saturated heterocycles. The standard InChI is InChI=1S/C14H29N3O2S/c1-11-7-12(2)10-17(9-11)20(18,19)16-13(3)14-5-4-6-15-8-14/h11-16H,4-10H2,1-3H3. The molecule has 2 fully saturated rings. The maximum Gasteiger partial charge on any atom is 0.279 e. The molecule has 0 bridgehead atoms. The first-order chi connectivity index (χ1) is 9.38. The van der Waals surface area contributed by atoms with Gasteiger partial charge < -0.3 is 5.32 Å². The van der Waals surface area contributed by atoms with Crippen molar-refractivity contribution in [1.29, 1.82) is 0 Å². The first-order valence-corrected chi connectivity index (χ1v) is 9.30. The highest BCUT2D eigenvalue weighted by molar-refractivity contribution is 7.87. The molecule has 20 heavy (non-hydrogen) atoms. The van der Waals surface area contributed by atoms with Crippen LogP contribution in [-0.2, 0) is 10.2 Å². The molecule has 0 aromatic heterocycles. The van der Waals surface area contributed by atoms with Crippen molar-refractivity contribution in [2.24, 2.45) is 17.8 Å². The average molecular weight is 303 g/mol. The summed E-state index contributed by atoms with van der Waals surface area (Å²) >= 11 is 0. The van der Waals surface area contributed by atoms with E-state index in [0.717, 1.165) is 32.4 Å². The number of rotatable bonds is 4. The predicted octanol–water partition coefficient (Wildman–Crippen LogP) is 1.19. The van der Waals surface area contributed by atoms with Gasteiger partial charge in [-0.2, -0.15) is 17.4 Å². The highest BCUT2D eigenvalue weighted by Crippen LogP contribution is 2.23. The van der Waals surface area contributed by atoms with Crippen molar-refractivity contribution in [3.8, 4) is 0 Å². The number of nitrogens with one attached hydrogen (secondary N) is 2. The van der Waals surface area contributed by atoms with Gasteiger partial charge in [0.15, 0.2) is 0 Å². The summed E-state index contributed by atoms with van der Waals surface area (Å²) in [6, 6.07) is 0.000314. The number of piperidine rings is 2. The van der Waals surface area contributed by atoms with E-state index >= 15 is 0 Å². The molecule has 6 heteroatoms. The van der Waals surface area contributed by atoms with E-state index in [4.69, 9.17) is 0 Å². The van der Waals surface area contributed by atoms with Crippen LogP contribution in [0.2, 0.25) is 0 Å². The number of hydrogen-bond donors (Lipinski definition) is 2. The molecular weight excluding hydrogens is 274 g/mol. The van der Waals surface area contributed by atoms with E-state index in [0.29, 0.717) is 30.8 Å². The molecule has 2 aliphatic heterocycles. The van der Waals surface area contributed by atoms with Gasteiger partial charge in [0.2, 0.25) is 0 Å². The van der Waals surface area contributed by atoms with Gasteiger partial charge in [0, 0.05) is 19.1 Å². The third-order valence-corrected chi connectivity index (χ3v) is 6.20. The quantitative estimate of drug-likeness (QED) is 0.820. The van der Waals surface area contributed by atoms with Crippen LogP contribution in [0.15, 0.2) is 0 Å². The van der Waals surface area contributed by atoms with Gasteiger partial charge in [-0.05, 0) is 57.0 Å². The van der Waals surface area contributed by atoms with E-state index in [1.54, 1.807) is 4.31 Å².